The lowest BCUT2D eigenvalue weighted by molar-refractivity contribution is 0.601. The molecule has 4 nitrogen and oxygen atoms in total. The zero-order valence-electron chi connectivity index (χ0n) is 8.32. The monoisotopic (exact) mass is 224 g/mol. The van der Waals surface area contributed by atoms with Crippen molar-refractivity contribution >= 4 is 26.4 Å². The van der Waals surface area contributed by atoms with Gasteiger partial charge in [0.2, 0.25) is 0 Å². The van der Waals surface area contributed by atoms with Gasteiger partial charge in [0.05, 0.1) is 5.75 Å². The Kier molecular flexibility index (Phi) is 2.19. The molecule has 2 aromatic rings. The van der Waals surface area contributed by atoms with Crippen LogP contribution in [-0.4, -0.2) is 19.7 Å². The molecule has 15 heavy (non-hydrogen) atoms. The van der Waals surface area contributed by atoms with Crippen molar-refractivity contribution in [3.05, 3.63) is 30.0 Å². The highest BCUT2D eigenvalue weighted by molar-refractivity contribution is 7.89. The number of aromatic nitrogens is 1. The van der Waals surface area contributed by atoms with E-state index in [9.17, 15) is 8.42 Å². The molecule has 0 unspecified atom stereocenters. The first-order valence-corrected chi connectivity index (χ1v) is 6.55. The van der Waals surface area contributed by atoms with Gasteiger partial charge in [-0.2, -0.15) is 0 Å². The van der Waals surface area contributed by atoms with Crippen molar-refractivity contribution in [3.8, 4) is 0 Å². The number of nitrogens with two attached hydrogens (primary N) is 1. The summed E-state index contributed by atoms with van der Waals surface area (Å²) in [5.41, 5.74) is 8.01. The molecule has 0 saturated heterocycles. The summed E-state index contributed by atoms with van der Waals surface area (Å²) in [4.78, 5) is 3.01. The molecule has 0 aliphatic heterocycles. The van der Waals surface area contributed by atoms with Crippen molar-refractivity contribution in [2.75, 3.05) is 12.0 Å². The van der Waals surface area contributed by atoms with Crippen LogP contribution >= 0.6 is 0 Å². The molecule has 3 N–H and O–H groups in total. The van der Waals surface area contributed by atoms with Gasteiger partial charge in [-0.05, 0) is 17.7 Å². The Labute approximate surface area is 88.0 Å². The fourth-order valence-corrected chi connectivity index (χ4v) is 2.47. The summed E-state index contributed by atoms with van der Waals surface area (Å²) in [5.74, 6) is 0.0151. The number of aromatic amines is 1. The second-order valence-electron chi connectivity index (χ2n) is 3.65. The van der Waals surface area contributed by atoms with Crippen LogP contribution < -0.4 is 5.73 Å². The molecule has 2 rings (SSSR count). The standard InChI is InChI=1S/C10H12N2O2S/c1-15(13,14)6-7-5-12-9-4-2-3-8(11)10(7)9/h2-5,12H,6,11H2,1H3. The van der Waals surface area contributed by atoms with Gasteiger partial charge in [-0.15, -0.1) is 0 Å². The van der Waals surface area contributed by atoms with Gasteiger partial charge in [0.15, 0.2) is 9.84 Å². The summed E-state index contributed by atoms with van der Waals surface area (Å²) in [6.07, 6.45) is 2.91. The first kappa shape index (κ1) is 10.0. The highest BCUT2D eigenvalue weighted by Crippen LogP contribution is 2.25. The molecule has 0 amide bonds. The largest absolute Gasteiger partial charge is 0.398 e. The third-order valence-corrected chi connectivity index (χ3v) is 3.07. The Morgan fingerprint density at radius 3 is 2.80 bits per heavy atom. The van der Waals surface area contributed by atoms with E-state index in [4.69, 9.17) is 5.73 Å². The number of H-pyrrole nitrogens is 1. The number of nitrogens with one attached hydrogen (secondary N) is 1. The van der Waals surface area contributed by atoms with Gasteiger partial charge in [-0.3, -0.25) is 0 Å². The number of hydrogen-bond acceptors (Lipinski definition) is 3. The van der Waals surface area contributed by atoms with Crippen LogP contribution in [0.3, 0.4) is 0 Å². The molecule has 1 aromatic heterocycles. The van der Waals surface area contributed by atoms with E-state index in [1.165, 1.54) is 6.26 Å². The predicted octanol–water partition coefficient (Wildman–Crippen LogP) is 1.29. The summed E-state index contributed by atoms with van der Waals surface area (Å²) >= 11 is 0. The van der Waals surface area contributed by atoms with E-state index >= 15 is 0 Å². The van der Waals surface area contributed by atoms with Crippen molar-refractivity contribution in [1.82, 2.24) is 4.98 Å². The molecule has 0 spiro atoms. The SMILES string of the molecule is CS(=O)(=O)Cc1c[nH]c2cccc(N)c12. The summed E-state index contributed by atoms with van der Waals surface area (Å²) < 4.78 is 22.4. The van der Waals surface area contributed by atoms with E-state index in [1.54, 1.807) is 12.3 Å². The maximum Gasteiger partial charge on any atom is 0.151 e. The molecule has 1 aromatic carbocycles. The van der Waals surface area contributed by atoms with Crippen LogP contribution in [0.5, 0.6) is 0 Å². The minimum Gasteiger partial charge on any atom is -0.398 e. The van der Waals surface area contributed by atoms with E-state index in [1.807, 2.05) is 12.1 Å². The highest BCUT2D eigenvalue weighted by Gasteiger charge is 2.11. The average Bonchev–Trinajstić information content (AvgIpc) is 2.47. The van der Waals surface area contributed by atoms with Crippen molar-refractivity contribution < 1.29 is 8.42 Å². The van der Waals surface area contributed by atoms with Crippen LogP contribution in [0, 0.1) is 0 Å². The lowest BCUT2D eigenvalue weighted by Gasteiger charge is -2.00. The Morgan fingerprint density at radius 2 is 2.13 bits per heavy atom. The van der Waals surface area contributed by atoms with Crippen molar-refractivity contribution in [3.63, 3.8) is 0 Å². The minimum absolute atomic E-state index is 0.0151. The summed E-state index contributed by atoms with van der Waals surface area (Å²) in [7, 11) is -3.03. The number of anilines is 1. The van der Waals surface area contributed by atoms with Crippen LogP contribution in [0.1, 0.15) is 5.56 Å². The Morgan fingerprint density at radius 1 is 1.40 bits per heavy atom. The maximum absolute atomic E-state index is 11.2. The molecule has 0 aliphatic rings. The summed E-state index contributed by atoms with van der Waals surface area (Å²) in [6, 6.07) is 5.47. The van der Waals surface area contributed by atoms with E-state index < -0.39 is 9.84 Å². The Hall–Kier alpha value is -1.49. The van der Waals surface area contributed by atoms with Gasteiger partial charge in [-0.1, -0.05) is 6.07 Å². The van der Waals surface area contributed by atoms with E-state index in [-0.39, 0.29) is 5.75 Å². The molecular formula is C10H12N2O2S. The van der Waals surface area contributed by atoms with Crippen LogP contribution in [0.4, 0.5) is 5.69 Å². The number of fused-ring (bicyclic) bond motifs is 1. The molecule has 0 saturated carbocycles. The van der Waals surface area contributed by atoms with Gasteiger partial charge in [0, 0.05) is 29.0 Å². The number of nitrogen functional groups attached to an aromatic ring is 1. The quantitative estimate of drug-likeness (QED) is 0.755. The van der Waals surface area contributed by atoms with Gasteiger partial charge >= 0.3 is 0 Å². The number of sulfone groups is 1. The van der Waals surface area contributed by atoms with Crippen molar-refractivity contribution in [1.29, 1.82) is 0 Å². The van der Waals surface area contributed by atoms with Crippen molar-refractivity contribution in [2.45, 2.75) is 5.75 Å². The number of hydrogen-bond donors (Lipinski definition) is 2. The Balaban J connectivity index is 2.63. The van der Waals surface area contributed by atoms with Crippen LogP contribution in [-0.2, 0) is 15.6 Å². The van der Waals surface area contributed by atoms with Gasteiger partial charge in [0.25, 0.3) is 0 Å². The fraction of sp³-hybridized carbons (Fsp3) is 0.200. The topological polar surface area (TPSA) is 76.0 Å². The van der Waals surface area contributed by atoms with Gasteiger partial charge in [0.1, 0.15) is 0 Å². The predicted molar refractivity (Wildman–Crippen MR) is 61.3 cm³/mol. The fourth-order valence-electron chi connectivity index (χ4n) is 1.68. The number of benzene rings is 1. The molecule has 0 aliphatic carbocycles. The summed E-state index contributed by atoms with van der Waals surface area (Å²) in [5, 5.41) is 0.808. The maximum atomic E-state index is 11.2. The second-order valence-corrected chi connectivity index (χ2v) is 5.79. The van der Waals surface area contributed by atoms with Crippen LogP contribution in [0.15, 0.2) is 24.4 Å². The van der Waals surface area contributed by atoms with Gasteiger partial charge in [-0.25, -0.2) is 8.42 Å². The molecule has 80 valence electrons. The molecule has 1 heterocycles. The normalized spacial score (nSPS) is 12.1. The molecular weight excluding hydrogens is 212 g/mol. The smallest absolute Gasteiger partial charge is 0.151 e. The zero-order chi connectivity index (χ0) is 11.1. The molecule has 5 heteroatoms. The molecule has 0 radical (unpaired) electrons. The van der Waals surface area contributed by atoms with Gasteiger partial charge < -0.3 is 10.7 Å². The van der Waals surface area contributed by atoms with E-state index in [0.29, 0.717) is 5.69 Å². The summed E-state index contributed by atoms with van der Waals surface area (Å²) in [6.45, 7) is 0. The van der Waals surface area contributed by atoms with E-state index in [2.05, 4.69) is 4.98 Å². The third-order valence-electron chi connectivity index (χ3n) is 2.24. The second kappa shape index (κ2) is 3.27. The van der Waals surface area contributed by atoms with Crippen LogP contribution in [0.2, 0.25) is 0 Å². The Bertz CT molecular complexity index is 599. The average molecular weight is 224 g/mol. The molecule has 0 atom stereocenters. The molecule has 0 fully saturated rings. The van der Waals surface area contributed by atoms with E-state index in [0.717, 1.165) is 16.5 Å². The lowest BCUT2D eigenvalue weighted by Crippen LogP contribution is -2.00. The lowest BCUT2D eigenvalue weighted by atomic mass is 10.1. The first-order valence-electron chi connectivity index (χ1n) is 4.49. The highest BCUT2D eigenvalue weighted by atomic mass is 32.2. The van der Waals surface area contributed by atoms with Crippen molar-refractivity contribution in [2.24, 2.45) is 0 Å². The third kappa shape index (κ3) is 1.97. The minimum atomic E-state index is -3.03. The van der Waals surface area contributed by atoms with Crippen LogP contribution in [0.25, 0.3) is 10.9 Å². The first-order chi connectivity index (χ1) is 6.97. The zero-order valence-corrected chi connectivity index (χ0v) is 9.14. The number of rotatable bonds is 2. The molecule has 0 bridgehead atoms.